The van der Waals surface area contributed by atoms with Crippen LogP contribution in [0.1, 0.15) is 22.8 Å². The number of aliphatic hydroxyl groups is 1. The van der Waals surface area contributed by atoms with Gasteiger partial charge in [0.1, 0.15) is 16.8 Å². The lowest BCUT2D eigenvalue weighted by atomic mass is 10.1. The number of ether oxygens (including phenoxy) is 1. The number of rotatable bonds is 9. The van der Waals surface area contributed by atoms with Crippen molar-refractivity contribution in [1.82, 2.24) is 19.3 Å². The number of aromatic nitrogens is 1. The zero-order valence-electron chi connectivity index (χ0n) is 24.6. The number of fused-ring (bicyclic) bond motifs is 1. The third kappa shape index (κ3) is 6.72. The van der Waals surface area contributed by atoms with Crippen molar-refractivity contribution in [3.8, 4) is 11.4 Å². The summed E-state index contributed by atoms with van der Waals surface area (Å²) in [5.41, 5.74) is -5.59. The number of piperazine rings is 1. The monoisotopic (exact) mass is 648 g/mol. The molecule has 2 aliphatic heterocycles. The fourth-order valence-corrected chi connectivity index (χ4v) is 5.60. The van der Waals surface area contributed by atoms with Crippen molar-refractivity contribution in [2.75, 3.05) is 57.9 Å². The van der Waals surface area contributed by atoms with Gasteiger partial charge < -0.3 is 34.2 Å². The summed E-state index contributed by atoms with van der Waals surface area (Å²) in [6.45, 7) is 4.50. The predicted molar refractivity (Wildman–Crippen MR) is 164 cm³/mol. The van der Waals surface area contributed by atoms with E-state index in [1.165, 1.54) is 9.47 Å². The second kappa shape index (κ2) is 13.0. The molecular formula is C30H32ClF3N6O5. The van der Waals surface area contributed by atoms with Crippen LogP contribution >= 0.6 is 11.6 Å². The van der Waals surface area contributed by atoms with Gasteiger partial charge in [-0.3, -0.25) is 9.69 Å². The first-order valence-electron chi connectivity index (χ1n) is 14.2. The van der Waals surface area contributed by atoms with Crippen LogP contribution in [0.15, 0.2) is 58.6 Å². The van der Waals surface area contributed by atoms with Gasteiger partial charge in [-0.15, -0.1) is 8.78 Å². The molecule has 0 spiro atoms. The van der Waals surface area contributed by atoms with Crippen LogP contribution in [0.5, 0.6) is 5.75 Å². The Hall–Kier alpha value is -4.27. The molecule has 2 N–H and O–H groups in total. The first kappa shape index (κ1) is 32.1. The Kier molecular flexibility index (Phi) is 9.28. The third-order valence-electron chi connectivity index (χ3n) is 7.78. The molecule has 1 fully saturated rings. The van der Waals surface area contributed by atoms with Gasteiger partial charge >= 0.3 is 11.5 Å². The number of halogens is 4. The van der Waals surface area contributed by atoms with Gasteiger partial charge in [0.05, 0.1) is 12.1 Å². The van der Waals surface area contributed by atoms with E-state index in [-0.39, 0.29) is 36.7 Å². The highest BCUT2D eigenvalue weighted by Crippen LogP contribution is 2.42. The van der Waals surface area contributed by atoms with Crippen LogP contribution in [-0.2, 0) is 6.54 Å². The third-order valence-corrected chi connectivity index (χ3v) is 7.86. The second-order valence-electron chi connectivity index (χ2n) is 10.6. The summed E-state index contributed by atoms with van der Waals surface area (Å²) in [6.07, 6.45) is 4.60. The van der Waals surface area contributed by atoms with Crippen LogP contribution in [0.2, 0.25) is 0 Å². The summed E-state index contributed by atoms with van der Waals surface area (Å²) in [4.78, 5) is 37.0. The molecule has 1 saturated heterocycles. The van der Waals surface area contributed by atoms with Crippen molar-refractivity contribution in [2.24, 2.45) is 4.99 Å². The molecule has 1 aromatic heterocycles. The van der Waals surface area contributed by atoms with Gasteiger partial charge in [0.2, 0.25) is 11.4 Å². The highest BCUT2D eigenvalue weighted by Gasteiger charge is 2.36. The number of nitrogens with zero attached hydrogens (tertiary/aromatic N) is 6. The molecule has 45 heavy (non-hydrogen) atoms. The van der Waals surface area contributed by atoms with Gasteiger partial charge in [0.25, 0.3) is 0 Å². The lowest BCUT2D eigenvalue weighted by Crippen LogP contribution is -2.53. The molecule has 5 rings (SSSR count). The lowest BCUT2D eigenvalue weighted by molar-refractivity contribution is -0.0955. The number of aromatic carboxylic acids is 1. The van der Waals surface area contributed by atoms with Crippen LogP contribution < -0.4 is 15.1 Å². The van der Waals surface area contributed by atoms with E-state index in [1.54, 1.807) is 35.4 Å². The molecule has 2 aliphatic rings. The number of guanidine groups is 1. The quantitative estimate of drug-likeness (QED) is 0.265. The molecule has 240 valence electrons. The van der Waals surface area contributed by atoms with E-state index in [2.05, 4.69) is 4.99 Å². The van der Waals surface area contributed by atoms with E-state index in [0.717, 1.165) is 23.8 Å². The number of benzene rings is 2. The number of hydrogen-bond donors (Lipinski definition) is 2. The number of alkyl halides is 3. The molecular weight excluding hydrogens is 617 g/mol. The standard InChI is InChI=1S/C30H32ClF3N6O5/c1-3-37(18-41)16-19-5-7-20(8-6-19)40-17-22(28(43)44)26(42)21-15-23(32)25(27(24(21)40)45-30(31,33)34)38-11-13-39(14-12-38)29-35-9-4-10-36(29)2/h4-9,15,17,41H,3,10-14,16,18H2,1-2H3,(H,43,44). The van der Waals surface area contributed by atoms with Crippen LogP contribution in [0, 0.1) is 5.82 Å². The summed E-state index contributed by atoms with van der Waals surface area (Å²) in [6, 6.07) is 7.45. The number of aliphatic imine (C=N–C) groups is 1. The van der Waals surface area contributed by atoms with Crippen LogP contribution in [0.25, 0.3) is 16.6 Å². The molecule has 3 aromatic rings. The number of carbonyl (C=O) groups is 1. The molecule has 0 amide bonds. The maximum absolute atomic E-state index is 16.0. The lowest BCUT2D eigenvalue weighted by Gasteiger charge is -2.40. The smallest absolute Gasteiger partial charge is 0.477 e. The number of hydrogen-bond acceptors (Lipinski definition) is 9. The minimum absolute atomic E-state index is 0.164. The summed E-state index contributed by atoms with van der Waals surface area (Å²) < 4.78 is 50.9. The molecule has 11 nitrogen and oxygen atoms in total. The Labute approximate surface area is 261 Å². The van der Waals surface area contributed by atoms with Crippen molar-refractivity contribution in [1.29, 1.82) is 0 Å². The number of anilines is 1. The SMILES string of the molecule is CCN(CO)Cc1ccc(-n2cc(C(=O)O)c(=O)c3cc(F)c(N4CCN(C5=NC=CCN5C)CC4)c(OC(F)(F)Cl)c32)cc1. The maximum Gasteiger partial charge on any atom is 0.487 e. The van der Waals surface area contributed by atoms with Crippen molar-refractivity contribution in [2.45, 2.75) is 19.0 Å². The Balaban J connectivity index is 1.66. The van der Waals surface area contributed by atoms with Gasteiger partial charge in [-0.2, -0.15) is 0 Å². The highest BCUT2D eigenvalue weighted by atomic mass is 35.5. The average molecular weight is 649 g/mol. The van der Waals surface area contributed by atoms with E-state index in [0.29, 0.717) is 32.7 Å². The van der Waals surface area contributed by atoms with Crippen molar-refractivity contribution in [3.63, 3.8) is 0 Å². The number of carboxylic acid groups (broad SMARTS) is 1. The Morgan fingerprint density at radius 2 is 1.82 bits per heavy atom. The Bertz CT molecular complexity index is 1700. The van der Waals surface area contributed by atoms with E-state index in [9.17, 15) is 28.6 Å². The van der Waals surface area contributed by atoms with Crippen molar-refractivity contribution >= 4 is 40.1 Å². The first-order chi connectivity index (χ1) is 21.4. The van der Waals surface area contributed by atoms with Crippen molar-refractivity contribution < 1.29 is 32.9 Å². The number of likely N-dealkylation sites (N-methyl/N-ethyl adjacent to an activating group) is 1. The zero-order valence-corrected chi connectivity index (χ0v) is 25.3. The van der Waals surface area contributed by atoms with Crippen LogP contribution in [0.3, 0.4) is 0 Å². The first-order valence-corrected chi connectivity index (χ1v) is 14.6. The van der Waals surface area contributed by atoms with E-state index in [4.69, 9.17) is 16.3 Å². The second-order valence-corrected chi connectivity index (χ2v) is 11.1. The highest BCUT2D eigenvalue weighted by molar-refractivity contribution is 6.21. The van der Waals surface area contributed by atoms with Crippen LogP contribution in [-0.4, -0.2) is 100 Å². The van der Waals surface area contributed by atoms with E-state index >= 15 is 4.39 Å². The fourth-order valence-electron chi connectivity index (χ4n) is 5.52. The molecule has 0 atom stereocenters. The van der Waals surface area contributed by atoms with E-state index in [1.807, 2.05) is 29.8 Å². The minimum atomic E-state index is -4.30. The molecule has 2 aromatic carbocycles. The fraction of sp³-hybridized carbons (Fsp3) is 0.367. The van der Waals surface area contributed by atoms with E-state index < -0.39 is 39.5 Å². The normalized spacial score (nSPS) is 15.6. The number of carboxylic acids is 1. The zero-order chi connectivity index (χ0) is 32.5. The average Bonchev–Trinajstić information content (AvgIpc) is 3.00. The molecule has 0 unspecified atom stereocenters. The molecule has 3 heterocycles. The Morgan fingerprint density at radius 3 is 2.40 bits per heavy atom. The maximum atomic E-state index is 16.0. The van der Waals surface area contributed by atoms with Gasteiger partial charge in [0, 0.05) is 76.0 Å². The summed E-state index contributed by atoms with van der Waals surface area (Å²) in [5.74, 6) is -2.61. The molecule has 0 aliphatic carbocycles. The topological polar surface area (TPSA) is 114 Å². The van der Waals surface area contributed by atoms with Crippen molar-refractivity contribution in [3.05, 3.63) is 76.0 Å². The summed E-state index contributed by atoms with van der Waals surface area (Å²) in [5, 5.41) is 18.8. The van der Waals surface area contributed by atoms with Gasteiger partial charge in [-0.05, 0) is 36.4 Å². The summed E-state index contributed by atoms with van der Waals surface area (Å²) >= 11 is 5.25. The minimum Gasteiger partial charge on any atom is -0.477 e. The number of pyridine rings is 1. The molecule has 15 heteroatoms. The van der Waals surface area contributed by atoms with Crippen LogP contribution in [0.4, 0.5) is 18.9 Å². The van der Waals surface area contributed by atoms with Gasteiger partial charge in [-0.25, -0.2) is 14.2 Å². The summed E-state index contributed by atoms with van der Waals surface area (Å²) in [7, 11) is 1.88. The molecule has 0 saturated carbocycles. The van der Waals surface area contributed by atoms with Gasteiger partial charge in [0.15, 0.2) is 11.6 Å². The molecule has 0 radical (unpaired) electrons. The molecule has 0 bridgehead atoms. The Morgan fingerprint density at radius 1 is 1.16 bits per heavy atom. The van der Waals surface area contributed by atoms with Gasteiger partial charge in [-0.1, -0.05) is 19.1 Å². The largest absolute Gasteiger partial charge is 0.487 e. The predicted octanol–water partition coefficient (Wildman–Crippen LogP) is 3.70. The number of aliphatic hydroxyl groups excluding tert-OH is 1.